The third-order valence-corrected chi connectivity index (χ3v) is 1.43. The molecule has 1 heterocycles. The van der Waals surface area contributed by atoms with Gasteiger partial charge in [0.25, 0.3) is 0 Å². The fourth-order valence-corrected chi connectivity index (χ4v) is 0.784. The first-order valence-electron chi connectivity index (χ1n) is 3.24. The zero-order chi connectivity index (χ0) is 8.43. The maximum Gasteiger partial charge on any atom is 0.240 e. The summed E-state index contributed by atoms with van der Waals surface area (Å²) in [5.41, 5.74) is -0.688. The van der Waals surface area contributed by atoms with E-state index < -0.39 is 17.1 Å². The van der Waals surface area contributed by atoms with Crippen molar-refractivity contribution >= 4 is 0 Å². The highest BCUT2D eigenvalue weighted by Crippen LogP contribution is 2.07. The molecule has 4 heteroatoms. The van der Waals surface area contributed by atoms with Crippen LogP contribution >= 0.6 is 0 Å². The van der Waals surface area contributed by atoms with Gasteiger partial charge in [-0.3, -0.25) is 4.79 Å². The fourth-order valence-electron chi connectivity index (χ4n) is 0.784. The van der Waals surface area contributed by atoms with Crippen LogP contribution in [-0.2, 0) is 6.54 Å². The molecule has 0 atom stereocenters. The third kappa shape index (κ3) is 1.24. The van der Waals surface area contributed by atoms with Crippen molar-refractivity contribution in [3.8, 4) is 5.75 Å². The topological polar surface area (TPSA) is 42.2 Å². The maximum absolute atomic E-state index is 12.8. The molecule has 60 valence electrons. The number of hydrogen-bond acceptors (Lipinski definition) is 2. The Balaban J connectivity index is 3.37. The molecule has 0 aromatic carbocycles. The number of aryl methyl sites for hydroxylation is 1. The number of pyridine rings is 1. The molecule has 1 N–H and O–H groups in total. The predicted molar refractivity (Wildman–Crippen MR) is 38.0 cm³/mol. The SMILES string of the molecule is CCn1ccc(=O)c(O)c1F. The minimum atomic E-state index is -0.875. The Bertz CT molecular complexity index is 319. The van der Waals surface area contributed by atoms with Gasteiger partial charge in [-0.1, -0.05) is 0 Å². The van der Waals surface area contributed by atoms with Crippen molar-refractivity contribution in [1.82, 2.24) is 4.57 Å². The number of rotatable bonds is 1. The molecule has 1 aromatic heterocycles. The number of nitrogens with zero attached hydrogens (tertiary/aromatic N) is 1. The highest BCUT2D eigenvalue weighted by atomic mass is 19.1. The van der Waals surface area contributed by atoms with Crippen LogP contribution in [0.4, 0.5) is 4.39 Å². The zero-order valence-corrected chi connectivity index (χ0v) is 6.04. The lowest BCUT2D eigenvalue weighted by molar-refractivity contribution is 0.387. The number of hydrogen-bond donors (Lipinski definition) is 1. The summed E-state index contributed by atoms with van der Waals surface area (Å²) < 4.78 is 13.9. The van der Waals surface area contributed by atoms with Gasteiger partial charge in [0.05, 0.1) is 0 Å². The molecule has 3 nitrogen and oxygen atoms in total. The van der Waals surface area contributed by atoms with E-state index in [9.17, 15) is 9.18 Å². The molecule has 0 fully saturated rings. The molecule has 0 amide bonds. The van der Waals surface area contributed by atoms with Crippen LogP contribution in [0.15, 0.2) is 17.1 Å². The van der Waals surface area contributed by atoms with E-state index in [1.54, 1.807) is 6.92 Å². The molecular weight excluding hydrogens is 149 g/mol. The van der Waals surface area contributed by atoms with E-state index in [4.69, 9.17) is 5.11 Å². The van der Waals surface area contributed by atoms with Crippen LogP contribution in [-0.4, -0.2) is 9.67 Å². The minimum absolute atomic E-state index is 0.389. The Labute approximate surface area is 62.7 Å². The van der Waals surface area contributed by atoms with E-state index in [-0.39, 0.29) is 0 Å². The summed E-state index contributed by atoms with van der Waals surface area (Å²) >= 11 is 0. The van der Waals surface area contributed by atoms with Gasteiger partial charge in [-0.15, -0.1) is 0 Å². The van der Waals surface area contributed by atoms with Crippen LogP contribution in [0.25, 0.3) is 0 Å². The summed E-state index contributed by atoms with van der Waals surface area (Å²) in [5.74, 6) is -1.69. The van der Waals surface area contributed by atoms with Crippen LogP contribution in [0.3, 0.4) is 0 Å². The van der Waals surface area contributed by atoms with Crippen molar-refractivity contribution in [3.05, 3.63) is 28.4 Å². The van der Waals surface area contributed by atoms with E-state index in [1.807, 2.05) is 0 Å². The molecule has 0 saturated carbocycles. The highest BCUT2D eigenvalue weighted by Gasteiger charge is 2.06. The lowest BCUT2D eigenvalue weighted by atomic mass is 10.4. The molecular formula is C7H8FNO2. The van der Waals surface area contributed by atoms with Gasteiger partial charge >= 0.3 is 0 Å². The van der Waals surface area contributed by atoms with Crippen LogP contribution in [0, 0.1) is 5.95 Å². The van der Waals surface area contributed by atoms with Gasteiger partial charge in [-0.05, 0) is 6.92 Å². The van der Waals surface area contributed by atoms with E-state index in [0.29, 0.717) is 6.54 Å². The van der Waals surface area contributed by atoms with Crippen molar-refractivity contribution in [2.75, 3.05) is 0 Å². The van der Waals surface area contributed by atoms with E-state index in [0.717, 1.165) is 10.6 Å². The van der Waals surface area contributed by atoms with Gasteiger partial charge in [0, 0.05) is 18.8 Å². The molecule has 11 heavy (non-hydrogen) atoms. The summed E-state index contributed by atoms with van der Waals surface area (Å²) in [4.78, 5) is 10.6. The second-order valence-electron chi connectivity index (χ2n) is 2.11. The first kappa shape index (κ1) is 7.78. The predicted octanol–water partition coefficient (Wildman–Crippen LogP) is 0.713. The van der Waals surface area contributed by atoms with E-state index >= 15 is 0 Å². The number of aromatic nitrogens is 1. The summed E-state index contributed by atoms with van der Waals surface area (Å²) in [6, 6.07) is 1.13. The van der Waals surface area contributed by atoms with Crippen LogP contribution in [0.1, 0.15) is 6.92 Å². The largest absolute Gasteiger partial charge is 0.501 e. The van der Waals surface area contributed by atoms with Gasteiger partial charge in [0.15, 0.2) is 0 Å². The van der Waals surface area contributed by atoms with Crippen molar-refractivity contribution in [2.45, 2.75) is 13.5 Å². The molecule has 0 aliphatic carbocycles. The quantitative estimate of drug-likeness (QED) is 0.610. The summed E-state index contributed by atoms with van der Waals surface area (Å²) in [6.45, 7) is 2.10. The zero-order valence-electron chi connectivity index (χ0n) is 6.04. The molecule has 0 aliphatic rings. The Morgan fingerprint density at radius 3 is 2.91 bits per heavy atom. The molecule has 0 radical (unpaired) electrons. The number of halogens is 1. The molecule has 1 rings (SSSR count). The van der Waals surface area contributed by atoms with Gasteiger partial charge in [0.2, 0.25) is 17.1 Å². The average molecular weight is 157 g/mol. The average Bonchev–Trinajstić information content (AvgIpc) is 2.01. The molecule has 0 spiro atoms. The van der Waals surface area contributed by atoms with E-state index in [1.165, 1.54) is 6.20 Å². The lowest BCUT2D eigenvalue weighted by Gasteiger charge is -2.03. The van der Waals surface area contributed by atoms with Gasteiger partial charge in [-0.25, -0.2) is 0 Å². The van der Waals surface area contributed by atoms with Gasteiger partial charge < -0.3 is 9.67 Å². The van der Waals surface area contributed by atoms with Crippen LogP contribution < -0.4 is 5.43 Å². The monoisotopic (exact) mass is 157 g/mol. The second-order valence-corrected chi connectivity index (χ2v) is 2.11. The fraction of sp³-hybridized carbons (Fsp3) is 0.286. The van der Waals surface area contributed by atoms with Gasteiger partial charge in [0.1, 0.15) is 0 Å². The third-order valence-electron chi connectivity index (χ3n) is 1.43. The van der Waals surface area contributed by atoms with Crippen LogP contribution in [0.5, 0.6) is 5.75 Å². The molecule has 1 aromatic rings. The van der Waals surface area contributed by atoms with Crippen molar-refractivity contribution < 1.29 is 9.50 Å². The molecule has 0 bridgehead atoms. The maximum atomic E-state index is 12.8. The molecule has 0 unspecified atom stereocenters. The smallest absolute Gasteiger partial charge is 0.240 e. The van der Waals surface area contributed by atoms with Gasteiger partial charge in [-0.2, -0.15) is 4.39 Å². The number of aromatic hydroxyl groups is 1. The molecule has 0 saturated heterocycles. The lowest BCUT2D eigenvalue weighted by Crippen LogP contribution is -2.09. The first-order chi connectivity index (χ1) is 5.16. The Kier molecular flexibility index (Phi) is 1.94. The standard InChI is InChI=1S/C7H8FNO2/c1-2-9-4-3-5(10)6(11)7(9)8/h3-4,11H,2H2,1H3. The second kappa shape index (κ2) is 2.74. The minimum Gasteiger partial charge on any atom is -0.501 e. The van der Waals surface area contributed by atoms with Crippen molar-refractivity contribution in [2.24, 2.45) is 0 Å². The Morgan fingerprint density at radius 1 is 1.73 bits per heavy atom. The molecule has 0 aliphatic heterocycles. The summed E-state index contributed by atoms with van der Waals surface area (Å²) in [6.07, 6.45) is 1.30. The Hall–Kier alpha value is -1.32. The van der Waals surface area contributed by atoms with Crippen LogP contribution in [0.2, 0.25) is 0 Å². The first-order valence-corrected chi connectivity index (χ1v) is 3.24. The Morgan fingerprint density at radius 2 is 2.36 bits per heavy atom. The van der Waals surface area contributed by atoms with Crippen molar-refractivity contribution in [1.29, 1.82) is 0 Å². The van der Waals surface area contributed by atoms with E-state index in [2.05, 4.69) is 0 Å². The van der Waals surface area contributed by atoms with Crippen molar-refractivity contribution in [3.63, 3.8) is 0 Å². The normalized spacial score (nSPS) is 10.0. The summed E-state index contributed by atoms with van der Waals surface area (Å²) in [5, 5.41) is 8.81. The highest BCUT2D eigenvalue weighted by molar-refractivity contribution is 5.17. The summed E-state index contributed by atoms with van der Waals surface area (Å²) in [7, 11) is 0.